The van der Waals surface area contributed by atoms with E-state index in [-0.39, 0.29) is 5.97 Å². The number of carbonyl (C=O) groups excluding carboxylic acids is 1. The van der Waals surface area contributed by atoms with Crippen molar-refractivity contribution in [3.8, 4) is 11.8 Å². The molecule has 132 valence electrons. The van der Waals surface area contributed by atoms with E-state index in [1.165, 1.54) is 0 Å². The van der Waals surface area contributed by atoms with Crippen molar-refractivity contribution in [2.75, 3.05) is 13.2 Å². The fourth-order valence-electron chi connectivity index (χ4n) is 1.96. The van der Waals surface area contributed by atoms with E-state index >= 15 is 0 Å². The fraction of sp³-hybridized carbons (Fsp3) is 0.190. The molecule has 0 aliphatic carbocycles. The highest BCUT2D eigenvalue weighted by atomic mass is 16.5. The maximum atomic E-state index is 11.2. The fourth-order valence-corrected chi connectivity index (χ4v) is 1.96. The van der Waals surface area contributed by atoms with Gasteiger partial charge in [0.2, 0.25) is 0 Å². The molecule has 0 atom stereocenters. The topological polar surface area (TPSA) is 71.7 Å². The van der Waals surface area contributed by atoms with Gasteiger partial charge in [-0.3, -0.25) is 4.99 Å². The molecule has 2 rings (SSSR count). The van der Waals surface area contributed by atoms with Gasteiger partial charge in [-0.05, 0) is 48.9 Å². The predicted octanol–water partition coefficient (Wildman–Crippen LogP) is 4.20. The zero-order valence-corrected chi connectivity index (χ0v) is 14.6. The van der Waals surface area contributed by atoms with Crippen LogP contribution >= 0.6 is 0 Å². The molecule has 2 aromatic rings. The van der Waals surface area contributed by atoms with Crippen molar-refractivity contribution in [1.29, 1.82) is 5.26 Å². The summed E-state index contributed by atoms with van der Waals surface area (Å²) in [6.45, 7) is 5.90. The van der Waals surface area contributed by atoms with Gasteiger partial charge in [0.15, 0.2) is 0 Å². The standard InChI is InChI=1S/C21H20N2O3/c1-16(2)21(24)26-13-3-12-25-20-10-8-19(9-11-20)23-15-18-6-4-17(14-22)5-7-18/h4-11,15H,1,3,12-13H2,2H3. The average molecular weight is 348 g/mol. The number of carbonyl (C=O) groups is 1. The summed E-state index contributed by atoms with van der Waals surface area (Å²) >= 11 is 0. The summed E-state index contributed by atoms with van der Waals surface area (Å²) < 4.78 is 10.6. The first-order valence-electron chi connectivity index (χ1n) is 8.18. The molecule has 0 unspecified atom stereocenters. The third-order valence-corrected chi connectivity index (χ3v) is 3.38. The molecular weight excluding hydrogens is 328 g/mol. The molecule has 0 aliphatic heterocycles. The molecule has 0 fully saturated rings. The van der Waals surface area contributed by atoms with Gasteiger partial charge >= 0.3 is 5.97 Å². The Hall–Kier alpha value is -3.39. The molecule has 0 heterocycles. The summed E-state index contributed by atoms with van der Waals surface area (Å²) in [6.07, 6.45) is 2.35. The number of esters is 1. The van der Waals surface area contributed by atoms with Gasteiger partial charge in [-0.1, -0.05) is 18.7 Å². The Morgan fingerprint density at radius 3 is 2.46 bits per heavy atom. The minimum atomic E-state index is -0.380. The zero-order chi connectivity index (χ0) is 18.8. The lowest BCUT2D eigenvalue weighted by Gasteiger charge is -2.07. The molecule has 5 nitrogen and oxygen atoms in total. The molecule has 26 heavy (non-hydrogen) atoms. The normalized spacial score (nSPS) is 10.3. The SMILES string of the molecule is C=C(C)C(=O)OCCCOc1ccc(N=Cc2ccc(C#N)cc2)cc1. The maximum Gasteiger partial charge on any atom is 0.333 e. The Balaban J connectivity index is 1.77. The average Bonchev–Trinajstić information content (AvgIpc) is 2.67. The van der Waals surface area contributed by atoms with Crippen LogP contribution in [0, 0.1) is 11.3 Å². The highest BCUT2D eigenvalue weighted by Gasteiger charge is 2.02. The Morgan fingerprint density at radius 1 is 1.15 bits per heavy atom. The Bertz CT molecular complexity index is 816. The van der Waals surface area contributed by atoms with Crippen molar-refractivity contribution in [1.82, 2.24) is 0 Å². The Morgan fingerprint density at radius 2 is 1.85 bits per heavy atom. The number of aliphatic imine (C=N–C) groups is 1. The molecule has 0 aliphatic rings. The van der Waals surface area contributed by atoms with Crippen molar-refractivity contribution < 1.29 is 14.3 Å². The van der Waals surface area contributed by atoms with Crippen LogP contribution in [0.15, 0.2) is 65.7 Å². The van der Waals surface area contributed by atoms with Crippen LogP contribution in [0.3, 0.4) is 0 Å². The first-order chi connectivity index (χ1) is 12.6. The molecule has 0 N–H and O–H groups in total. The van der Waals surface area contributed by atoms with E-state index in [0.29, 0.717) is 30.8 Å². The second kappa shape index (κ2) is 9.80. The van der Waals surface area contributed by atoms with E-state index < -0.39 is 0 Å². The van der Waals surface area contributed by atoms with Crippen molar-refractivity contribution in [2.24, 2.45) is 4.99 Å². The molecule has 0 saturated heterocycles. The van der Waals surface area contributed by atoms with Crippen LogP contribution in [0.4, 0.5) is 5.69 Å². The molecular formula is C21H20N2O3. The van der Waals surface area contributed by atoms with Gasteiger partial charge in [-0.2, -0.15) is 5.26 Å². The van der Waals surface area contributed by atoms with E-state index in [0.717, 1.165) is 17.0 Å². The predicted molar refractivity (Wildman–Crippen MR) is 101 cm³/mol. The Labute approximate surface area is 153 Å². The number of hydrogen-bond donors (Lipinski definition) is 0. The number of hydrogen-bond acceptors (Lipinski definition) is 5. The second-order valence-electron chi connectivity index (χ2n) is 5.60. The van der Waals surface area contributed by atoms with Gasteiger partial charge < -0.3 is 9.47 Å². The van der Waals surface area contributed by atoms with Crippen LogP contribution in [0.1, 0.15) is 24.5 Å². The lowest BCUT2D eigenvalue weighted by Crippen LogP contribution is -2.09. The number of benzene rings is 2. The summed E-state index contributed by atoms with van der Waals surface area (Å²) in [5.41, 5.74) is 2.74. The quantitative estimate of drug-likeness (QED) is 0.310. The lowest BCUT2D eigenvalue weighted by atomic mass is 10.2. The first kappa shape index (κ1) is 18.9. The number of nitrogens with zero attached hydrogens (tertiary/aromatic N) is 2. The summed E-state index contributed by atoms with van der Waals surface area (Å²) in [6, 6.07) is 16.7. The van der Waals surface area contributed by atoms with Crippen LogP contribution in [0.2, 0.25) is 0 Å². The minimum absolute atomic E-state index is 0.304. The highest BCUT2D eigenvalue weighted by Crippen LogP contribution is 2.18. The molecule has 0 saturated carbocycles. The Kier molecular flexibility index (Phi) is 7.14. The van der Waals surface area contributed by atoms with E-state index in [9.17, 15) is 4.79 Å². The summed E-state index contributed by atoms with van der Waals surface area (Å²) in [5.74, 6) is 0.350. The summed E-state index contributed by atoms with van der Waals surface area (Å²) in [5, 5.41) is 8.78. The van der Waals surface area contributed by atoms with Crippen molar-refractivity contribution in [3.63, 3.8) is 0 Å². The lowest BCUT2D eigenvalue weighted by molar-refractivity contribution is -0.139. The highest BCUT2D eigenvalue weighted by molar-refractivity contribution is 5.86. The van der Waals surface area contributed by atoms with Crippen LogP contribution < -0.4 is 4.74 Å². The molecule has 0 aromatic heterocycles. The van der Waals surface area contributed by atoms with Gasteiger partial charge in [0.05, 0.1) is 30.5 Å². The molecule has 0 bridgehead atoms. The van der Waals surface area contributed by atoms with Gasteiger partial charge in [-0.25, -0.2) is 4.79 Å². The summed E-state index contributed by atoms with van der Waals surface area (Å²) in [4.78, 5) is 15.6. The van der Waals surface area contributed by atoms with E-state index in [4.69, 9.17) is 14.7 Å². The van der Waals surface area contributed by atoms with Crippen molar-refractivity contribution in [3.05, 3.63) is 71.8 Å². The molecule has 2 aromatic carbocycles. The molecule has 0 amide bonds. The largest absolute Gasteiger partial charge is 0.493 e. The van der Waals surface area contributed by atoms with Gasteiger partial charge in [0.25, 0.3) is 0 Å². The molecule has 0 spiro atoms. The van der Waals surface area contributed by atoms with Crippen LogP contribution in [-0.4, -0.2) is 25.4 Å². The third kappa shape index (κ3) is 6.25. The van der Waals surface area contributed by atoms with E-state index in [2.05, 4.69) is 17.6 Å². The minimum Gasteiger partial charge on any atom is -0.493 e. The third-order valence-electron chi connectivity index (χ3n) is 3.38. The zero-order valence-electron chi connectivity index (χ0n) is 14.6. The van der Waals surface area contributed by atoms with Crippen molar-refractivity contribution in [2.45, 2.75) is 13.3 Å². The van der Waals surface area contributed by atoms with Gasteiger partial charge in [-0.15, -0.1) is 0 Å². The van der Waals surface area contributed by atoms with Crippen LogP contribution in [-0.2, 0) is 9.53 Å². The van der Waals surface area contributed by atoms with Crippen molar-refractivity contribution >= 4 is 17.9 Å². The number of rotatable bonds is 8. The smallest absolute Gasteiger partial charge is 0.333 e. The van der Waals surface area contributed by atoms with Gasteiger partial charge in [0.1, 0.15) is 5.75 Å². The maximum absolute atomic E-state index is 11.2. The number of ether oxygens (including phenoxy) is 2. The summed E-state index contributed by atoms with van der Waals surface area (Å²) in [7, 11) is 0. The second-order valence-corrected chi connectivity index (χ2v) is 5.60. The monoisotopic (exact) mass is 348 g/mol. The van der Waals surface area contributed by atoms with E-state index in [1.54, 1.807) is 25.3 Å². The number of nitriles is 1. The van der Waals surface area contributed by atoms with Crippen LogP contribution in [0.25, 0.3) is 0 Å². The van der Waals surface area contributed by atoms with Gasteiger partial charge in [0, 0.05) is 18.2 Å². The molecule has 0 radical (unpaired) electrons. The molecule has 5 heteroatoms. The van der Waals surface area contributed by atoms with Crippen LogP contribution in [0.5, 0.6) is 5.75 Å². The first-order valence-corrected chi connectivity index (χ1v) is 8.18. The van der Waals surface area contributed by atoms with E-state index in [1.807, 2.05) is 36.4 Å².